The molecule has 0 unspecified atom stereocenters. The highest BCUT2D eigenvalue weighted by molar-refractivity contribution is 14.0. The van der Waals surface area contributed by atoms with Crippen molar-refractivity contribution in [3.63, 3.8) is 0 Å². The number of aryl methyl sites for hydroxylation is 2. The molecule has 0 aliphatic carbocycles. The van der Waals surface area contributed by atoms with Crippen LogP contribution in [0.2, 0.25) is 0 Å². The molecule has 1 aromatic heterocycles. The lowest BCUT2D eigenvalue weighted by Gasteiger charge is -2.22. The van der Waals surface area contributed by atoms with E-state index in [9.17, 15) is 4.39 Å². The minimum atomic E-state index is -0.355. The van der Waals surface area contributed by atoms with Gasteiger partial charge in [-0.3, -0.25) is 0 Å². The summed E-state index contributed by atoms with van der Waals surface area (Å²) in [5.41, 5.74) is 1.89. The first-order chi connectivity index (χ1) is 11.9. The molecule has 1 heterocycles. The summed E-state index contributed by atoms with van der Waals surface area (Å²) in [4.78, 5) is 12.3. The molecule has 5 nitrogen and oxygen atoms in total. The van der Waals surface area contributed by atoms with Crippen molar-refractivity contribution in [2.75, 3.05) is 20.7 Å². The van der Waals surface area contributed by atoms with E-state index in [0.717, 1.165) is 33.6 Å². The fourth-order valence-electron chi connectivity index (χ4n) is 2.49. The Hall–Kier alpha value is -1.42. The molecule has 0 fully saturated rings. The molecule has 2 rings (SSSR count). The minimum Gasteiger partial charge on any atom is -0.494 e. The van der Waals surface area contributed by atoms with Crippen LogP contribution in [0.15, 0.2) is 23.2 Å². The van der Waals surface area contributed by atoms with Gasteiger partial charge in [0.05, 0.1) is 24.4 Å². The molecular weight excluding hydrogens is 466 g/mol. The van der Waals surface area contributed by atoms with Gasteiger partial charge < -0.3 is 15.0 Å². The third kappa shape index (κ3) is 6.08. The second-order valence-corrected chi connectivity index (χ2v) is 7.02. The van der Waals surface area contributed by atoms with Gasteiger partial charge in [-0.05, 0) is 38.5 Å². The smallest absolute Gasteiger partial charge is 0.194 e. The predicted octanol–water partition coefficient (Wildman–Crippen LogP) is 4.12. The highest BCUT2D eigenvalue weighted by Crippen LogP contribution is 2.19. The number of aliphatic imine (C=N–C) groups is 1. The van der Waals surface area contributed by atoms with Gasteiger partial charge in [0.1, 0.15) is 0 Å². The van der Waals surface area contributed by atoms with Crippen LogP contribution < -0.4 is 10.1 Å². The van der Waals surface area contributed by atoms with Crippen LogP contribution in [0.1, 0.15) is 28.1 Å². The monoisotopic (exact) mass is 492 g/mol. The van der Waals surface area contributed by atoms with Gasteiger partial charge in [-0.25, -0.2) is 14.4 Å². The fourth-order valence-corrected chi connectivity index (χ4v) is 3.36. The number of benzene rings is 1. The summed E-state index contributed by atoms with van der Waals surface area (Å²) in [6, 6.07) is 5.00. The average Bonchev–Trinajstić information content (AvgIpc) is 2.89. The van der Waals surface area contributed by atoms with E-state index >= 15 is 0 Å². The number of hydrogen-bond donors (Lipinski definition) is 1. The zero-order chi connectivity index (χ0) is 18.4. The number of thiazole rings is 1. The van der Waals surface area contributed by atoms with Crippen LogP contribution in [0.5, 0.6) is 5.75 Å². The van der Waals surface area contributed by atoms with Gasteiger partial charge in [-0.2, -0.15) is 0 Å². The number of ether oxygens (including phenoxy) is 1. The van der Waals surface area contributed by atoms with Crippen LogP contribution in [0, 0.1) is 19.7 Å². The lowest BCUT2D eigenvalue weighted by atomic mass is 10.2. The first kappa shape index (κ1) is 22.6. The largest absolute Gasteiger partial charge is 0.494 e. The summed E-state index contributed by atoms with van der Waals surface area (Å²) in [6.45, 7) is 7.93. The molecule has 0 saturated carbocycles. The molecule has 0 aliphatic heterocycles. The molecule has 8 heteroatoms. The van der Waals surface area contributed by atoms with Crippen LogP contribution >= 0.6 is 35.3 Å². The standard InChI is InChI=1S/C18H25FN4OS.HI/c1-6-20-18(21-10-17-12(2)22-13(3)25-17)23(4)11-14-7-8-16(24-5)15(19)9-14;/h7-9H,6,10-11H2,1-5H3,(H,20,21);1H. The highest BCUT2D eigenvalue weighted by atomic mass is 127. The van der Waals surface area contributed by atoms with Crippen molar-refractivity contribution >= 4 is 41.3 Å². The number of aromatic nitrogens is 1. The van der Waals surface area contributed by atoms with Crippen molar-refractivity contribution in [2.45, 2.75) is 33.9 Å². The van der Waals surface area contributed by atoms with Crippen molar-refractivity contribution in [1.82, 2.24) is 15.2 Å². The molecule has 0 aliphatic rings. The number of guanidine groups is 1. The number of nitrogens with one attached hydrogen (secondary N) is 1. The average molecular weight is 492 g/mol. The Balaban J connectivity index is 0.00000338. The third-order valence-corrected chi connectivity index (χ3v) is 4.76. The Morgan fingerprint density at radius 1 is 1.38 bits per heavy atom. The second-order valence-electron chi connectivity index (χ2n) is 5.74. The van der Waals surface area contributed by atoms with Crippen molar-refractivity contribution in [3.05, 3.63) is 45.2 Å². The van der Waals surface area contributed by atoms with Crippen molar-refractivity contribution < 1.29 is 9.13 Å². The van der Waals surface area contributed by atoms with E-state index in [0.29, 0.717) is 13.1 Å². The SMILES string of the molecule is CCNC(=NCc1sc(C)nc1C)N(C)Cc1ccc(OC)c(F)c1.I. The molecule has 0 amide bonds. The Labute approximate surface area is 175 Å². The van der Waals surface area contributed by atoms with E-state index in [1.165, 1.54) is 13.2 Å². The second kappa shape index (κ2) is 10.7. The van der Waals surface area contributed by atoms with E-state index in [1.807, 2.05) is 38.8 Å². The number of rotatable bonds is 6. The number of nitrogens with zero attached hydrogens (tertiary/aromatic N) is 3. The fraction of sp³-hybridized carbons (Fsp3) is 0.444. The summed E-state index contributed by atoms with van der Waals surface area (Å²) in [7, 11) is 3.40. The van der Waals surface area contributed by atoms with E-state index in [-0.39, 0.29) is 35.5 Å². The van der Waals surface area contributed by atoms with E-state index < -0.39 is 0 Å². The third-order valence-electron chi connectivity index (χ3n) is 3.70. The quantitative estimate of drug-likeness (QED) is 0.375. The molecule has 1 aromatic carbocycles. The predicted molar refractivity (Wildman–Crippen MR) is 116 cm³/mol. The zero-order valence-electron chi connectivity index (χ0n) is 15.8. The summed E-state index contributed by atoms with van der Waals surface area (Å²) in [5, 5.41) is 4.33. The first-order valence-corrected chi connectivity index (χ1v) is 9.01. The Morgan fingerprint density at radius 2 is 2.12 bits per heavy atom. The van der Waals surface area contributed by atoms with Gasteiger partial charge in [0, 0.05) is 25.0 Å². The molecule has 0 spiro atoms. The van der Waals surface area contributed by atoms with Crippen molar-refractivity contribution in [1.29, 1.82) is 0 Å². The Morgan fingerprint density at radius 3 is 2.65 bits per heavy atom. The lowest BCUT2D eigenvalue weighted by Crippen LogP contribution is -2.38. The van der Waals surface area contributed by atoms with Crippen molar-refractivity contribution in [2.24, 2.45) is 4.99 Å². The molecule has 0 radical (unpaired) electrons. The van der Waals surface area contributed by atoms with Gasteiger partial charge >= 0.3 is 0 Å². The first-order valence-electron chi connectivity index (χ1n) is 8.19. The van der Waals surface area contributed by atoms with Crippen LogP contribution in [0.3, 0.4) is 0 Å². The summed E-state index contributed by atoms with van der Waals surface area (Å²) < 4.78 is 18.8. The highest BCUT2D eigenvalue weighted by Gasteiger charge is 2.10. The lowest BCUT2D eigenvalue weighted by molar-refractivity contribution is 0.385. The minimum absolute atomic E-state index is 0. The Bertz CT molecular complexity index is 751. The van der Waals surface area contributed by atoms with E-state index in [1.54, 1.807) is 17.4 Å². The molecule has 0 bridgehead atoms. The summed E-state index contributed by atoms with van der Waals surface area (Å²) >= 11 is 1.67. The van der Waals surface area contributed by atoms with Crippen LogP contribution in [-0.4, -0.2) is 36.5 Å². The van der Waals surface area contributed by atoms with Gasteiger partial charge in [-0.15, -0.1) is 35.3 Å². The van der Waals surface area contributed by atoms with Crippen molar-refractivity contribution in [3.8, 4) is 5.75 Å². The molecule has 144 valence electrons. The van der Waals surface area contributed by atoms with E-state index in [4.69, 9.17) is 9.73 Å². The number of halogens is 2. The number of methoxy groups -OCH3 is 1. The van der Waals surface area contributed by atoms with E-state index in [2.05, 4.69) is 10.3 Å². The summed E-state index contributed by atoms with van der Waals surface area (Å²) in [5.74, 6) is 0.679. The molecule has 0 saturated heterocycles. The normalized spacial score (nSPS) is 11.1. The number of hydrogen-bond acceptors (Lipinski definition) is 4. The summed E-state index contributed by atoms with van der Waals surface area (Å²) in [6.07, 6.45) is 0. The molecule has 26 heavy (non-hydrogen) atoms. The molecule has 0 atom stereocenters. The molecular formula is C18H26FIN4OS. The van der Waals surface area contributed by atoms with Crippen LogP contribution in [0.4, 0.5) is 4.39 Å². The van der Waals surface area contributed by atoms with Crippen LogP contribution in [0.25, 0.3) is 0 Å². The maximum Gasteiger partial charge on any atom is 0.194 e. The zero-order valence-corrected chi connectivity index (χ0v) is 18.9. The van der Waals surface area contributed by atoms with Crippen LogP contribution in [-0.2, 0) is 13.1 Å². The van der Waals surface area contributed by atoms with Gasteiger partial charge in [0.2, 0.25) is 0 Å². The molecule has 1 N–H and O–H groups in total. The Kier molecular flexibility index (Phi) is 9.28. The maximum absolute atomic E-state index is 13.9. The topological polar surface area (TPSA) is 49.8 Å². The maximum atomic E-state index is 13.9. The molecule has 2 aromatic rings. The van der Waals surface area contributed by atoms with Gasteiger partial charge in [0.15, 0.2) is 17.5 Å². The van der Waals surface area contributed by atoms with Gasteiger partial charge in [0.25, 0.3) is 0 Å². The van der Waals surface area contributed by atoms with Gasteiger partial charge in [-0.1, -0.05) is 6.07 Å².